The smallest absolute Gasteiger partial charge is 0.222 e. The molecule has 2 heterocycles. The Labute approximate surface area is 623 Å². The second-order valence-corrected chi connectivity index (χ2v) is 25.8. The van der Waals surface area contributed by atoms with Gasteiger partial charge in [0.2, 0.25) is 65.0 Å². The summed E-state index contributed by atoms with van der Waals surface area (Å²) in [5.74, 6) is -4.24. The molecule has 107 heavy (non-hydrogen) atoms. The third-order valence-corrected chi connectivity index (χ3v) is 16.4. The van der Waals surface area contributed by atoms with E-state index in [1.165, 1.54) is 27.8 Å². The molecule has 0 saturated carbocycles. The van der Waals surface area contributed by atoms with Gasteiger partial charge in [-0.2, -0.15) is 0 Å². The number of carbonyl (C=O) groups is 11. The standard InChI is InChI=1S/C67H121N11O29/c1-43(84)75-47(37-81)64(105-46(35-79)36-80)102-29-8-5-15-51(88)69-23-12-26-72-54(91)20-32-99-40-67(78-57(94)19-11-18-50(87)68-4,41-100-33-21-55(92)73-27-13-24-70-52(89)16-6-9-30-103-65-58(76-44(2)85)62(97)60(95)48(38-82)106-65)42-101-34-22-56(93)74-28-14-25-71-53(90)17-7-10-31-104-66-59(77-45(3)86)63(98)61(96)49(39-83)107-66/h46-49,58-66,79-83,95-98H,5-42H2,1-4H3,(H,68,87)(H,69,88)(H,70,89)(H,71,90)(H,72,91)(H,73,92)(H,74,93)(H,75,84)(H,76,85)(H,77,86)(H,78,94)/t47-,48?,49?,58-,59-,60-,61-,62?,63?,64+,65+,66+,67?/m0/s1. The average Bonchev–Trinajstić information content (AvgIpc) is 0.819. The van der Waals surface area contributed by atoms with Crippen LogP contribution in [0.1, 0.15) is 136 Å². The second-order valence-electron chi connectivity index (χ2n) is 25.8. The molecule has 2 rings (SSSR count). The summed E-state index contributed by atoms with van der Waals surface area (Å²) < 4.78 is 51.7. The van der Waals surface area contributed by atoms with Gasteiger partial charge in [0.25, 0.3) is 0 Å². The van der Waals surface area contributed by atoms with Gasteiger partial charge in [-0.25, -0.2) is 0 Å². The zero-order valence-electron chi connectivity index (χ0n) is 62.1. The molecule has 11 amide bonds. The van der Waals surface area contributed by atoms with Gasteiger partial charge in [-0.3, -0.25) is 52.7 Å². The van der Waals surface area contributed by atoms with Gasteiger partial charge in [0.15, 0.2) is 18.9 Å². The second kappa shape index (κ2) is 57.5. The van der Waals surface area contributed by atoms with Crippen LogP contribution in [0.2, 0.25) is 0 Å². The summed E-state index contributed by atoms with van der Waals surface area (Å²) in [5, 5.41) is 119. The molecule has 0 aliphatic carbocycles. The van der Waals surface area contributed by atoms with Crippen LogP contribution in [0.4, 0.5) is 0 Å². The zero-order chi connectivity index (χ0) is 79.4. The molecule has 2 aliphatic heterocycles. The first-order valence-corrected chi connectivity index (χ1v) is 36.5. The van der Waals surface area contributed by atoms with Crippen LogP contribution in [0.25, 0.3) is 0 Å². The molecule has 0 bridgehead atoms. The van der Waals surface area contributed by atoms with Crippen LogP contribution >= 0.6 is 0 Å². The SMILES string of the molecule is CNC(=O)CCCC(=O)NC(COCCC(=O)NCCCNC(=O)CCCCO[C@H](OC(CO)CO)[C@H](CO)NC(C)=O)(COCCC(=O)NCCCNC(=O)CCCCO[C@@H]1OC(CO)[C@H](O)C(O)[C@@H]1NC(C)=O)COCCC(=O)NCCCNC(=O)CCCCO[C@@H]1OC(CO)[C@H](O)C(O)[C@@H]1NC(C)=O. The van der Waals surface area contributed by atoms with Crippen LogP contribution in [0.5, 0.6) is 0 Å². The van der Waals surface area contributed by atoms with Crippen molar-refractivity contribution in [2.45, 2.75) is 222 Å². The van der Waals surface area contributed by atoms with Gasteiger partial charge in [0.05, 0.1) is 72.7 Å². The van der Waals surface area contributed by atoms with E-state index in [9.17, 15) is 98.7 Å². The highest BCUT2D eigenvalue weighted by atomic mass is 16.7. The summed E-state index contributed by atoms with van der Waals surface area (Å²) in [7, 11) is 1.46. The average molecular weight is 1540 g/mol. The molecule has 20 N–H and O–H groups in total. The Morgan fingerprint density at radius 2 is 0.757 bits per heavy atom. The molecule has 2 aliphatic rings. The van der Waals surface area contributed by atoms with Gasteiger partial charge in [0, 0.05) is 138 Å². The van der Waals surface area contributed by atoms with E-state index in [1.54, 1.807) is 0 Å². The lowest BCUT2D eigenvalue weighted by Crippen LogP contribution is -2.64. The lowest BCUT2D eigenvalue weighted by molar-refractivity contribution is -0.270. The summed E-state index contributed by atoms with van der Waals surface area (Å²) in [6, 6.07) is -3.18. The molecule has 4 unspecified atom stereocenters. The van der Waals surface area contributed by atoms with Crippen molar-refractivity contribution in [1.82, 2.24) is 58.5 Å². The van der Waals surface area contributed by atoms with E-state index in [0.717, 1.165) is 0 Å². The summed E-state index contributed by atoms with van der Waals surface area (Å²) in [6.07, 6.45) is -9.09. The predicted octanol–water partition coefficient (Wildman–Crippen LogP) is -7.51. The lowest BCUT2D eigenvalue weighted by Gasteiger charge is -2.42. The van der Waals surface area contributed by atoms with E-state index in [0.29, 0.717) is 57.8 Å². The Morgan fingerprint density at radius 3 is 1.09 bits per heavy atom. The maximum atomic E-state index is 13.6. The zero-order valence-corrected chi connectivity index (χ0v) is 62.1. The minimum atomic E-state index is -1.48. The minimum Gasteiger partial charge on any atom is -0.394 e. The fourth-order valence-electron chi connectivity index (χ4n) is 10.6. The van der Waals surface area contributed by atoms with Crippen LogP contribution in [-0.4, -0.2) is 335 Å². The van der Waals surface area contributed by atoms with Gasteiger partial charge < -0.3 is 147 Å². The largest absolute Gasteiger partial charge is 0.394 e. The summed E-state index contributed by atoms with van der Waals surface area (Å²) in [4.78, 5) is 137. The molecule has 40 heteroatoms. The van der Waals surface area contributed by atoms with Crippen LogP contribution in [0.3, 0.4) is 0 Å². The van der Waals surface area contributed by atoms with Crippen LogP contribution in [0.15, 0.2) is 0 Å². The third-order valence-electron chi connectivity index (χ3n) is 16.4. The topological polar surface area (TPSA) is 585 Å². The fraction of sp³-hybridized carbons (Fsp3) is 0.836. The number of aliphatic hydroxyl groups is 9. The first-order chi connectivity index (χ1) is 51.2. The Morgan fingerprint density at radius 1 is 0.402 bits per heavy atom. The van der Waals surface area contributed by atoms with E-state index in [-0.39, 0.29) is 180 Å². The molecule has 2 fully saturated rings. The van der Waals surface area contributed by atoms with Crippen molar-refractivity contribution in [1.29, 1.82) is 0 Å². The van der Waals surface area contributed by atoms with E-state index < -0.39 is 160 Å². The van der Waals surface area contributed by atoms with E-state index in [4.69, 9.17) is 42.6 Å². The van der Waals surface area contributed by atoms with Gasteiger partial charge in [-0.15, -0.1) is 0 Å². The number of unbranched alkanes of at least 4 members (excludes halogenated alkanes) is 3. The molecule has 0 radical (unpaired) electrons. The molecular formula is C67H121N11O29. The highest BCUT2D eigenvalue weighted by molar-refractivity contribution is 5.80. The number of carbonyl (C=O) groups excluding carboxylic acids is 11. The molecule has 2 saturated heterocycles. The number of rotatable bonds is 61. The summed E-state index contributed by atoms with van der Waals surface area (Å²) in [6.45, 7) is 1.00. The van der Waals surface area contributed by atoms with Crippen molar-refractivity contribution in [3.63, 3.8) is 0 Å². The maximum absolute atomic E-state index is 13.6. The quantitative estimate of drug-likeness (QED) is 0.0199. The van der Waals surface area contributed by atoms with Crippen LogP contribution in [0, 0.1) is 0 Å². The van der Waals surface area contributed by atoms with Crippen molar-refractivity contribution in [2.75, 3.05) is 139 Å². The Hall–Kier alpha value is -6.55. The van der Waals surface area contributed by atoms with Gasteiger partial charge in [-0.1, -0.05) is 0 Å². The molecular weight excluding hydrogens is 1420 g/mol. The number of ether oxygens (including phenoxy) is 9. The van der Waals surface area contributed by atoms with Crippen molar-refractivity contribution in [3.8, 4) is 0 Å². The Bertz CT molecular complexity index is 2410. The molecule has 12 atom stereocenters. The number of nitrogens with one attached hydrogen (secondary N) is 11. The third kappa shape index (κ3) is 42.9. The minimum absolute atomic E-state index is 0.0373. The summed E-state index contributed by atoms with van der Waals surface area (Å²) >= 11 is 0. The Kier molecular flexibility index (Phi) is 51.9. The summed E-state index contributed by atoms with van der Waals surface area (Å²) in [5.41, 5.74) is -1.48. The molecule has 0 aromatic heterocycles. The maximum Gasteiger partial charge on any atom is 0.222 e. The highest BCUT2D eigenvalue weighted by Gasteiger charge is 2.47. The first-order valence-electron chi connectivity index (χ1n) is 36.5. The normalized spacial score (nSPS) is 21.0. The van der Waals surface area contributed by atoms with E-state index >= 15 is 0 Å². The van der Waals surface area contributed by atoms with Crippen molar-refractivity contribution < 1.29 is 141 Å². The number of aliphatic hydroxyl groups excluding tert-OH is 9. The van der Waals surface area contributed by atoms with Gasteiger partial charge >= 0.3 is 0 Å². The predicted molar refractivity (Wildman–Crippen MR) is 375 cm³/mol. The van der Waals surface area contributed by atoms with Gasteiger partial charge in [0.1, 0.15) is 66.4 Å². The molecule has 40 nitrogen and oxygen atoms in total. The highest BCUT2D eigenvalue weighted by Crippen LogP contribution is 2.25. The van der Waals surface area contributed by atoms with Crippen molar-refractivity contribution in [3.05, 3.63) is 0 Å². The molecule has 0 spiro atoms. The first kappa shape index (κ1) is 96.5. The van der Waals surface area contributed by atoms with Crippen molar-refractivity contribution >= 4 is 65.0 Å². The van der Waals surface area contributed by atoms with Crippen LogP contribution < -0.4 is 58.5 Å². The van der Waals surface area contributed by atoms with E-state index in [1.807, 2.05) is 0 Å². The number of hydrogen-bond acceptors (Lipinski definition) is 29. The molecule has 0 aromatic carbocycles. The number of hydrogen-bond donors (Lipinski definition) is 20. The van der Waals surface area contributed by atoms with Crippen molar-refractivity contribution in [2.24, 2.45) is 0 Å². The molecule has 0 aromatic rings. The lowest BCUT2D eigenvalue weighted by atomic mass is 9.97. The monoisotopic (exact) mass is 1540 g/mol. The van der Waals surface area contributed by atoms with Crippen LogP contribution in [-0.2, 0) is 95.4 Å². The fourth-order valence-corrected chi connectivity index (χ4v) is 10.6. The van der Waals surface area contributed by atoms with Gasteiger partial charge in [-0.05, 0) is 64.2 Å². The Balaban J connectivity index is 1.97. The number of amides is 11. The van der Waals surface area contributed by atoms with E-state index in [2.05, 4.69) is 58.5 Å². The molecule has 618 valence electrons.